The van der Waals surface area contributed by atoms with E-state index in [0.29, 0.717) is 18.8 Å². The number of benzene rings is 1. The number of likely N-dealkylation sites (N-methyl/N-ethyl adjacent to an activating group) is 1. The van der Waals surface area contributed by atoms with E-state index in [1.807, 2.05) is 13.8 Å². The molecule has 0 aliphatic rings. The van der Waals surface area contributed by atoms with Crippen molar-refractivity contribution in [2.75, 3.05) is 30.7 Å². The van der Waals surface area contributed by atoms with Crippen molar-refractivity contribution >= 4 is 23.0 Å². The van der Waals surface area contributed by atoms with Gasteiger partial charge in [0.05, 0.1) is 22.8 Å². The summed E-state index contributed by atoms with van der Waals surface area (Å²) in [6.45, 7) is 5.21. The fraction of sp³-hybridized carbons (Fsp3) is 0.417. The number of amides is 1. The van der Waals surface area contributed by atoms with Crippen molar-refractivity contribution in [3.8, 4) is 0 Å². The van der Waals surface area contributed by atoms with Gasteiger partial charge in [-0.3, -0.25) is 14.9 Å². The predicted molar refractivity (Wildman–Crippen MR) is 73.9 cm³/mol. The largest absolute Gasteiger partial charge is 0.397 e. The second kappa shape index (κ2) is 6.58. The molecule has 0 aliphatic heterocycles. The Bertz CT molecular complexity index is 472. The molecule has 0 fully saturated rings. The number of nitro benzene ring substituents is 1. The fourth-order valence-corrected chi connectivity index (χ4v) is 1.68. The minimum Gasteiger partial charge on any atom is -0.397 e. The minimum absolute atomic E-state index is 0.0391. The van der Waals surface area contributed by atoms with Crippen molar-refractivity contribution in [3.63, 3.8) is 0 Å². The van der Waals surface area contributed by atoms with E-state index in [2.05, 4.69) is 5.32 Å². The summed E-state index contributed by atoms with van der Waals surface area (Å²) in [5.74, 6) is -0.0391. The topological polar surface area (TPSA) is 102 Å². The Morgan fingerprint density at radius 2 is 2.05 bits per heavy atom. The van der Waals surface area contributed by atoms with Crippen LogP contribution in [0.15, 0.2) is 18.2 Å². The molecule has 0 spiro atoms. The normalized spacial score (nSPS) is 10.0. The van der Waals surface area contributed by atoms with Crippen LogP contribution >= 0.6 is 0 Å². The maximum atomic E-state index is 11.8. The molecule has 0 aliphatic carbocycles. The molecule has 0 aromatic heterocycles. The van der Waals surface area contributed by atoms with Gasteiger partial charge in [0, 0.05) is 25.2 Å². The van der Waals surface area contributed by atoms with Gasteiger partial charge in [-0.15, -0.1) is 0 Å². The smallest absolute Gasteiger partial charge is 0.271 e. The summed E-state index contributed by atoms with van der Waals surface area (Å²) in [5.41, 5.74) is 6.39. The third kappa shape index (κ3) is 3.84. The number of nitrogens with two attached hydrogens (primary N) is 1. The van der Waals surface area contributed by atoms with Crippen LogP contribution in [0, 0.1) is 10.1 Å². The molecule has 0 unspecified atom stereocenters. The number of carbonyl (C=O) groups is 1. The molecule has 7 heteroatoms. The zero-order valence-corrected chi connectivity index (χ0v) is 11.0. The van der Waals surface area contributed by atoms with Gasteiger partial charge >= 0.3 is 0 Å². The van der Waals surface area contributed by atoms with Crippen LogP contribution in [-0.2, 0) is 4.79 Å². The number of nitro groups is 1. The lowest BCUT2D eigenvalue weighted by molar-refractivity contribution is -0.384. The van der Waals surface area contributed by atoms with Gasteiger partial charge in [-0.2, -0.15) is 0 Å². The quantitative estimate of drug-likeness (QED) is 0.461. The van der Waals surface area contributed by atoms with Crippen LogP contribution in [0.4, 0.5) is 17.1 Å². The van der Waals surface area contributed by atoms with Crippen molar-refractivity contribution in [1.29, 1.82) is 0 Å². The number of hydrogen-bond acceptors (Lipinski definition) is 5. The molecule has 0 heterocycles. The van der Waals surface area contributed by atoms with E-state index < -0.39 is 4.92 Å². The Balaban J connectivity index is 2.68. The van der Waals surface area contributed by atoms with Crippen LogP contribution in [0.1, 0.15) is 13.8 Å². The molecule has 0 atom stereocenters. The molecular formula is C12H18N4O3. The Morgan fingerprint density at radius 1 is 1.42 bits per heavy atom. The molecule has 0 bridgehead atoms. The van der Waals surface area contributed by atoms with Gasteiger partial charge in [0.15, 0.2) is 0 Å². The van der Waals surface area contributed by atoms with E-state index in [-0.39, 0.29) is 23.8 Å². The molecule has 1 rings (SSSR count). The predicted octanol–water partition coefficient (Wildman–Crippen LogP) is 1.46. The van der Waals surface area contributed by atoms with Crippen LogP contribution in [0.2, 0.25) is 0 Å². The van der Waals surface area contributed by atoms with Crippen molar-refractivity contribution in [3.05, 3.63) is 28.3 Å². The zero-order valence-electron chi connectivity index (χ0n) is 11.0. The van der Waals surface area contributed by atoms with Gasteiger partial charge in [-0.25, -0.2) is 0 Å². The number of nitrogen functional groups attached to an aromatic ring is 1. The van der Waals surface area contributed by atoms with Crippen molar-refractivity contribution in [2.45, 2.75) is 13.8 Å². The van der Waals surface area contributed by atoms with Crippen LogP contribution in [0.3, 0.4) is 0 Å². The minimum atomic E-state index is -0.513. The molecular weight excluding hydrogens is 248 g/mol. The summed E-state index contributed by atoms with van der Waals surface area (Å²) in [5, 5.41) is 13.5. The third-order valence-electron chi connectivity index (χ3n) is 2.79. The van der Waals surface area contributed by atoms with E-state index in [1.54, 1.807) is 4.90 Å². The van der Waals surface area contributed by atoms with Gasteiger partial charge < -0.3 is 16.0 Å². The lowest BCUT2D eigenvalue weighted by atomic mass is 10.2. The van der Waals surface area contributed by atoms with Crippen molar-refractivity contribution in [1.82, 2.24) is 4.90 Å². The third-order valence-corrected chi connectivity index (χ3v) is 2.79. The molecule has 1 amide bonds. The second-order valence-electron chi connectivity index (χ2n) is 3.95. The summed E-state index contributed by atoms with van der Waals surface area (Å²) >= 11 is 0. The molecule has 104 valence electrons. The SMILES string of the molecule is CCN(CC)C(=O)CNc1ccc([N+](=O)[O-])cc1N. The Labute approximate surface area is 111 Å². The first-order valence-corrected chi connectivity index (χ1v) is 6.05. The van der Waals surface area contributed by atoms with Crippen LogP contribution in [0.5, 0.6) is 0 Å². The standard InChI is InChI=1S/C12H18N4O3/c1-3-15(4-2)12(17)8-14-11-6-5-9(16(18)19)7-10(11)13/h5-7,14H,3-4,8,13H2,1-2H3. The maximum absolute atomic E-state index is 11.8. The molecule has 7 nitrogen and oxygen atoms in total. The number of carbonyl (C=O) groups excluding carboxylic acids is 1. The van der Waals surface area contributed by atoms with Gasteiger partial charge in [-0.1, -0.05) is 0 Å². The van der Waals surface area contributed by atoms with Gasteiger partial charge in [0.2, 0.25) is 5.91 Å². The molecule has 0 saturated carbocycles. The highest BCUT2D eigenvalue weighted by Crippen LogP contribution is 2.23. The monoisotopic (exact) mass is 266 g/mol. The van der Waals surface area contributed by atoms with E-state index in [0.717, 1.165) is 0 Å². The average molecular weight is 266 g/mol. The highest BCUT2D eigenvalue weighted by Gasteiger charge is 2.12. The molecule has 1 aromatic carbocycles. The number of nitrogens with one attached hydrogen (secondary N) is 1. The second-order valence-corrected chi connectivity index (χ2v) is 3.95. The molecule has 0 radical (unpaired) electrons. The average Bonchev–Trinajstić information content (AvgIpc) is 2.38. The van der Waals surface area contributed by atoms with Gasteiger partial charge in [0.1, 0.15) is 0 Å². The van der Waals surface area contributed by atoms with Crippen LogP contribution in [0.25, 0.3) is 0 Å². The summed E-state index contributed by atoms with van der Waals surface area (Å²) in [4.78, 5) is 23.5. The first-order chi connectivity index (χ1) is 8.99. The summed E-state index contributed by atoms with van der Waals surface area (Å²) in [6, 6.07) is 4.12. The number of rotatable bonds is 6. The Kier molecular flexibility index (Phi) is 5.11. The maximum Gasteiger partial charge on any atom is 0.271 e. The van der Waals surface area contributed by atoms with Crippen LogP contribution < -0.4 is 11.1 Å². The van der Waals surface area contributed by atoms with Gasteiger partial charge in [0.25, 0.3) is 5.69 Å². The lowest BCUT2D eigenvalue weighted by Crippen LogP contribution is -2.35. The first-order valence-electron chi connectivity index (χ1n) is 6.05. The Hall–Kier alpha value is -2.31. The fourth-order valence-electron chi connectivity index (χ4n) is 1.68. The Morgan fingerprint density at radius 3 is 2.53 bits per heavy atom. The van der Waals surface area contributed by atoms with E-state index in [9.17, 15) is 14.9 Å². The number of anilines is 2. The van der Waals surface area contributed by atoms with E-state index in [1.165, 1.54) is 18.2 Å². The van der Waals surface area contributed by atoms with E-state index >= 15 is 0 Å². The molecule has 0 saturated heterocycles. The van der Waals surface area contributed by atoms with Crippen molar-refractivity contribution in [2.24, 2.45) is 0 Å². The highest BCUT2D eigenvalue weighted by molar-refractivity contribution is 5.82. The number of nitrogens with zero attached hydrogens (tertiary/aromatic N) is 2. The van der Waals surface area contributed by atoms with Gasteiger partial charge in [-0.05, 0) is 19.9 Å². The first kappa shape index (κ1) is 14.7. The summed E-state index contributed by atoms with van der Waals surface area (Å²) in [6.07, 6.45) is 0. The highest BCUT2D eigenvalue weighted by atomic mass is 16.6. The molecule has 3 N–H and O–H groups in total. The lowest BCUT2D eigenvalue weighted by Gasteiger charge is -2.19. The van der Waals surface area contributed by atoms with Crippen molar-refractivity contribution < 1.29 is 9.72 Å². The summed E-state index contributed by atoms with van der Waals surface area (Å²) < 4.78 is 0. The number of non-ortho nitro benzene ring substituents is 1. The summed E-state index contributed by atoms with van der Waals surface area (Å²) in [7, 11) is 0. The molecule has 1 aromatic rings. The number of hydrogen-bond donors (Lipinski definition) is 2. The van der Waals surface area contributed by atoms with E-state index in [4.69, 9.17) is 5.73 Å². The zero-order chi connectivity index (χ0) is 14.4. The molecule has 19 heavy (non-hydrogen) atoms. The van der Waals surface area contributed by atoms with Crippen LogP contribution in [-0.4, -0.2) is 35.4 Å².